The fourth-order valence-electron chi connectivity index (χ4n) is 1.83. The van der Waals surface area contributed by atoms with Gasteiger partial charge in [-0.15, -0.1) is 0 Å². The topological polar surface area (TPSA) is 87.3 Å². The number of hydrogen-bond acceptors (Lipinski definition) is 3. The number of nitrogens with one attached hydrogen (secondary N) is 3. The molecule has 1 aromatic carbocycles. The smallest absolute Gasteiger partial charge is 0.322 e. The molecule has 0 bridgehead atoms. The lowest BCUT2D eigenvalue weighted by atomic mass is 10.1. The molecule has 1 aromatic rings. The van der Waals surface area contributed by atoms with Crippen LogP contribution in [0.2, 0.25) is 5.02 Å². The van der Waals surface area contributed by atoms with Gasteiger partial charge >= 0.3 is 6.03 Å². The molecule has 1 aliphatic rings. The third-order valence-electron chi connectivity index (χ3n) is 2.97. The molecular weight excluding hydrogens is 282 g/mol. The minimum absolute atomic E-state index is 0.129. The second-order valence-corrected chi connectivity index (χ2v) is 4.97. The van der Waals surface area contributed by atoms with Gasteiger partial charge in [-0.05, 0) is 31.0 Å². The molecule has 1 aliphatic heterocycles. The van der Waals surface area contributed by atoms with Gasteiger partial charge in [-0.2, -0.15) is 0 Å². The number of rotatable bonds is 4. The van der Waals surface area contributed by atoms with E-state index in [1.807, 2.05) is 13.0 Å². The molecule has 1 saturated heterocycles. The Balaban J connectivity index is 1.85. The molecule has 2 rings (SSSR count). The molecule has 0 saturated carbocycles. The number of carbonyl (C=O) groups excluding carboxylic acids is 3. The Kier molecular flexibility index (Phi) is 4.24. The van der Waals surface area contributed by atoms with E-state index in [0.717, 1.165) is 5.56 Å². The number of amides is 4. The normalized spacial score (nSPS) is 17.6. The van der Waals surface area contributed by atoms with Gasteiger partial charge in [-0.25, -0.2) is 4.79 Å². The summed E-state index contributed by atoms with van der Waals surface area (Å²) in [6.45, 7) is 1.87. The average Bonchev–Trinajstić information content (AvgIpc) is 2.70. The zero-order chi connectivity index (χ0) is 14.7. The largest absolute Gasteiger partial charge is 0.326 e. The van der Waals surface area contributed by atoms with Crippen molar-refractivity contribution in [2.45, 2.75) is 25.8 Å². The van der Waals surface area contributed by atoms with Crippen molar-refractivity contribution in [3.63, 3.8) is 0 Å². The van der Waals surface area contributed by atoms with E-state index in [2.05, 4.69) is 16.0 Å². The molecule has 1 fully saturated rings. The second kappa shape index (κ2) is 5.92. The van der Waals surface area contributed by atoms with Crippen molar-refractivity contribution in [2.75, 3.05) is 5.32 Å². The summed E-state index contributed by atoms with van der Waals surface area (Å²) in [5.41, 5.74) is 1.53. The van der Waals surface area contributed by atoms with Crippen LogP contribution in [0.4, 0.5) is 10.5 Å². The zero-order valence-corrected chi connectivity index (χ0v) is 11.6. The summed E-state index contributed by atoms with van der Waals surface area (Å²) in [7, 11) is 0. The number of benzene rings is 1. The molecule has 106 valence electrons. The molecule has 0 aliphatic carbocycles. The maximum Gasteiger partial charge on any atom is 0.322 e. The summed E-state index contributed by atoms with van der Waals surface area (Å²) in [6, 6.07) is 4.06. The molecule has 0 spiro atoms. The van der Waals surface area contributed by atoms with Crippen LogP contribution < -0.4 is 16.0 Å². The molecule has 4 amide bonds. The molecular formula is C13H14ClN3O3. The van der Waals surface area contributed by atoms with Crippen LogP contribution >= 0.6 is 11.6 Å². The SMILES string of the molecule is Cc1ccc(NC(=O)CCC2NC(=O)NC2=O)cc1Cl. The van der Waals surface area contributed by atoms with Crippen molar-refractivity contribution < 1.29 is 14.4 Å². The van der Waals surface area contributed by atoms with Crippen molar-refractivity contribution >= 4 is 35.1 Å². The van der Waals surface area contributed by atoms with Crippen LogP contribution in [0.3, 0.4) is 0 Å². The van der Waals surface area contributed by atoms with Gasteiger partial charge in [0.15, 0.2) is 0 Å². The van der Waals surface area contributed by atoms with E-state index in [1.54, 1.807) is 12.1 Å². The van der Waals surface area contributed by atoms with Crippen molar-refractivity contribution in [2.24, 2.45) is 0 Å². The summed E-state index contributed by atoms with van der Waals surface area (Å²) in [5, 5.41) is 7.82. The van der Waals surface area contributed by atoms with Crippen LogP contribution in [0.25, 0.3) is 0 Å². The van der Waals surface area contributed by atoms with E-state index < -0.39 is 18.0 Å². The summed E-state index contributed by atoms with van der Waals surface area (Å²) >= 11 is 5.96. The first kappa shape index (κ1) is 14.3. The highest BCUT2D eigenvalue weighted by Crippen LogP contribution is 2.20. The first-order valence-corrected chi connectivity index (χ1v) is 6.51. The third kappa shape index (κ3) is 3.48. The standard InChI is InChI=1S/C13H14ClN3O3/c1-7-2-3-8(6-9(7)14)15-11(18)5-4-10-12(19)17-13(20)16-10/h2-3,6,10H,4-5H2,1H3,(H,15,18)(H2,16,17,19,20). The Morgan fingerprint density at radius 1 is 1.40 bits per heavy atom. The monoisotopic (exact) mass is 295 g/mol. The van der Waals surface area contributed by atoms with E-state index in [0.29, 0.717) is 10.7 Å². The van der Waals surface area contributed by atoms with Crippen LogP contribution in [-0.2, 0) is 9.59 Å². The predicted molar refractivity (Wildman–Crippen MR) is 74.5 cm³/mol. The molecule has 7 heteroatoms. The Bertz CT molecular complexity index is 574. The van der Waals surface area contributed by atoms with E-state index in [-0.39, 0.29) is 18.7 Å². The molecule has 1 heterocycles. The van der Waals surface area contributed by atoms with Gasteiger partial charge in [-0.3, -0.25) is 14.9 Å². The van der Waals surface area contributed by atoms with Crippen molar-refractivity contribution in [3.05, 3.63) is 28.8 Å². The number of carbonyl (C=O) groups is 3. The summed E-state index contributed by atoms with van der Waals surface area (Å²) in [6.07, 6.45) is 0.382. The minimum atomic E-state index is -0.644. The first-order valence-electron chi connectivity index (χ1n) is 6.13. The zero-order valence-electron chi connectivity index (χ0n) is 10.8. The molecule has 3 N–H and O–H groups in total. The maximum atomic E-state index is 11.8. The first-order chi connectivity index (χ1) is 9.45. The number of urea groups is 1. The van der Waals surface area contributed by atoms with E-state index in [1.165, 1.54) is 0 Å². The van der Waals surface area contributed by atoms with Gasteiger partial charge in [0.05, 0.1) is 0 Å². The number of anilines is 1. The predicted octanol–water partition coefficient (Wildman–Crippen LogP) is 1.58. The van der Waals surface area contributed by atoms with E-state index in [9.17, 15) is 14.4 Å². The minimum Gasteiger partial charge on any atom is -0.326 e. The van der Waals surface area contributed by atoms with Crippen LogP contribution in [0.1, 0.15) is 18.4 Å². The molecule has 1 unspecified atom stereocenters. The summed E-state index contributed by atoms with van der Waals surface area (Å²) in [5.74, 6) is -0.639. The van der Waals surface area contributed by atoms with Gasteiger partial charge < -0.3 is 10.6 Å². The summed E-state index contributed by atoms with van der Waals surface area (Å²) < 4.78 is 0. The van der Waals surface area contributed by atoms with Crippen LogP contribution in [0.15, 0.2) is 18.2 Å². The van der Waals surface area contributed by atoms with Gasteiger partial charge in [0, 0.05) is 17.1 Å². The highest BCUT2D eigenvalue weighted by atomic mass is 35.5. The van der Waals surface area contributed by atoms with Crippen molar-refractivity contribution in [1.82, 2.24) is 10.6 Å². The highest BCUT2D eigenvalue weighted by Gasteiger charge is 2.29. The number of imide groups is 1. The lowest BCUT2D eigenvalue weighted by Gasteiger charge is -2.09. The number of halogens is 1. The van der Waals surface area contributed by atoms with Gasteiger partial charge in [-0.1, -0.05) is 17.7 Å². The van der Waals surface area contributed by atoms with Gasteiger partial charge in [0.2, 0.25) is 5.91 Å². The van der Waals surface area contributed by atoms with Gasteiger partial charge in [0.25, 0.3) is 5.91 Å². The quantitative estimate of drug-likeness (QED) is 0.737. The lowest BCUT2D eigenvalue weighted by Crippen LogP contribution is -2.30. The Morgan fingerprint density at radius 2 is 2.15 bits per heavy atom. The number of aryl methyl sites for hydroxylation is 1. The number of hydrogen-bond donors (Lipinski definition) is 3. The molecule has 1 atom stereocenters. The van der Waals surface area contributed by atoms with Gasteiger partial charge in [0.1, 0.15) is 6.04 Å². The Labute approximate surface area is 120 Å². The molecule has 0 aromatic heterocycles. The van der Waals surface area contributed by atoms with Crippen LogP contribution in [-0.4, -0.2) is 23.9 Å². The Morgan fingerprint density at radius 3 is 2.75 bits per heavy atom. The van der Waals surface area contributed by atoms with Crippen molar-refractivity contribution in [3.8, 4) is 0 Å². The fraction of sp³-hybridized carbons (Fsp3) is 0.308. The highest BCUT2D eigenvalue weighted by molar-refractivity contribution is 6.31. The third-order valence-corrected chi connectivity index (χ3v) is 3.38. The Hall–Kier alpha value is -2.08. The second-order valence-electron chi connectivity index (χ2n) is 4.57. The lowest BCUT2D eigenvalue weighted by molar-refractivity contribution is -0.120. The molecule has 0 radical (unpaired) electrons. The van der Waals surface area contributed by atoms with E-state index >= 15 is 0 Å². The maximum absolute atomic E-state index is 11.8. The van der Waals surface area contributed by atoms with Crippen LogP contribution in [0, 0.1) is 6.92 Å². The average molecular weight is 296 g/mol. The van der Waals surface area contributed by atoms with Crippen LogP contribution in [0.5, 0.6) is 0 Å². The fourth-order valence-corrected chi connectivity index (χ4v) is 2.01. The molecule has 6 nitrogen and oxygen atoms in total. The molecule has 20 heavy (non-hydrogen) atoms. The van der Waals surface area contributed by atoms with Crippen molar-refractivity contribution in [1.29, 1.82) is 0 Å². The summed E-state index contributed by atoms with van der Waals surface area (Å²) in [4.78, 5) is 34.0. The van der Waals surface area contributed by atoms with E-state index in [4.69, 9.17) is 11.6 Å².